The molecule has 1 N–H and O–H groups in total. The molecule has 0 spiro atoms. The number of rotatable bonds is 6. The number of methoxy groups -OCH3 is 1. The normalized spacial score (nSPS) is 11.8. The lowest BCUT2D eigenvalue weighted by molar-refractivity contribution is 0.0947. The summed E-state index contributed by atoms with van der Waals surface area (Å²) in [4.78, 5) is 19.2. The third kappa shape index (κ3) is 4.27. The summed E-state index contributed by atoms with van der Waals surface area (Å²) < 4.78 is 18.6. The van der Waals surface area contributed by atoms with E-state index in [1.807, 2.05) is 48.7 Å². The van der Waals surface area contributed by atoms with Crippen molar-refractivity contribution >= 4 is 28.6 Å². The van der Waals surface area contributed by atoms with Crippen molar-refractivity contribution in [2.45, 2.75) is 13.0 Å². The van der Waals surface area contributed by atoms with Gasteiger partial charge in [0.2, 0.25) is 0 Å². The second-order valence-corrected chi connectivity index (χ2v) is 8.61. The van der Waals surface area contributed by atoms with Gasteiger partial charge < -0.3 is 10.1 Å². The van der Waals surface area contributed by atoms with Gasteiger partial charge in [0.1, 0.15) is 21.5 Å². The van der Waals surface area contributed by atoms with Gasteiger partial charge in [0.25, 0.3) is 5.91 Å². The number of aromatic nitrogens is 1. The van der Waals surface area contributed by atoms with Crippen molar-refractivity contribution in [1.29, 1.82) is 0 Å². The molecule has 2 aromatic heterocycles. The molecule has 0 radical (unpaired) electrons. The number of thiazole rings is 1. The van der Waals surface area contributed by atoms with Crippen LogP contribution >= 0.6 is 22.7 Å². The average molecular weight is 439 g/mol. The molecule has 0 saturated carbocycles. The predicted molar refractivity (Wildman–Crippen MR) is 119 cm³/mol. The Labute approximate surface area is 182 Å². The van der Waals surface area contributed by atoms with Crippen LogP contribution in [0.1, 0.15) is 31.8 Å². The Morgan fingerprint density at radius 1 is 1.10 bits per heavy atom. The van der Waals surface area contributed by atoms with Crippen molar-refractivity contribution in [3.63, 3.8) is 0 Å². The Hall–Kier alpha value is -3.03. The Morgan fingerprint density at radius 3 is 2.47 bits per heavy atom. The maximum absolute atomic E-state index is 13.4. The molecule has 0 aliphatic carbocycles. The lowest BCUT2D eigenvalue weighted by Gasteiger charge is -2.18. The summed E-state index contributed by atoms with van der Waals surface area (Å²) >= 11 is 2.89. The number of aryl methyl sites for hydroxylation is 1. The highest BCUT2D eigenvalue weighted by molar-refractivity contribution is 7.17. The number of nitrogens with zero attached hydrogens (tertiary/aromatic N) is 1. The van der Waals surface area contributed by atoms with Gasteiger partial charge in [-0.1, -0.05) is 18.2 Å². The third-order valence-corrected chi connectivity index (χ3v) is 6.79. The molecule has 0 fully saturated rings. The molecule has 4 aromatic rings. The predicted octanol–water partition coefficient (Wildman–Crippen LogP) is 5.85. The van der Waals surface area contributed by atoms with Crippen molar-refractivity contribution in [1.82, 2.24) is 10.3 Å². The average Bonchev–Trinajstić information content (AvgIpc) is 3.43. The zero-order valence-corrected chi connectivity index (χ0v) is 18.0. The van der Waals surface area contributed by atoms with E-state index in [9.17, 15) is 9.18 Å². The standard InChI is InChI=1S/C23H19FN2O2S2/c1-14-21(30-23(25-14)16-7-11-18(28-2)12-8-16)22(27)26-20(19-4-3-13-29-19)15-5-9-17(24)10-6-15/h3-13,20H,1-2H3,(H,26,27). The van der Waals surface area contributed by atoms with Gasteiger partial charge in [-0.3, -0.25) is 4.79 Å². The Balaban J connectivity index is 1.61. The Morgan fingerprint density at radius 2 is 1.83 bits per heavy atom. The molecule has 0 bridgehead atoms. The van der Waals surface area contributed by atoms with Gasteiger partial charge in [-0.05, 0) is 60.3 Å². The highest BCUT2D eigenvalue weighted by Gasteiger charge is 2.22. The summed E-state index contributed by atoms with van der Waals surface area (Å²) in [6.45, 7) is 1.83. The van der Waals surface area contributed by atoms with E-state index < -0.39 is 0 Å². The van der Waals surface area contributed by atoms with E-state index in [2.05, 4.69) is 10.3 Å². The summed E-state index contributed by atoms with van der Waals surface area (Å²) in [6, 6.07) is 17.3. The first-order valence-electron chi connectivity index (χ1n) is 9.26. The van der Waals surface area contributed by atoms with Crippen molar-refractivity contribution in [2.24, 2.45) is 0 Å². The largest absolute Gasteiger partial charge is 0.497 e. The number of hydrogen-bond acceptors (Lipinski definition) is 5. The number of ether oxygens (including phenoxy) is 1. The van der Waals surface area contributed by atoms with Crippen LogP contribution in [0.4, 0.5) is 4.39 Å². The summed E-state index contributed by atoms with van der Waals surface area (Å²) in [5.74, 6) is 0.257. The molecule has 4 nitrogen and oxygen atoms in total. The molecule has 152 valence electrons. The fraction of sp³-hybridized carbons (Fsp3) is 0.130. The highest BCUT2D eigenvalue weighted by atomic mass is 32.1. The molecule has 30 heavy (non-hydrogen) atoms. The Kier molecular flexibility index (Phi) is 5.92. The van der Waals surface area contributed by atoms with Gasteiger partial charge in [-0.25, -0.2) is 9.37 Å². The second-order valence-electron chi connectivity index (χ2n) is 6.64. The number of halogens is 1. The first-order chi connectivity index (χ1) is 14.5. The molecule has 2 heterocycles. The Bertz CT molecular complexity index is 1140. The third-order valence-electron chi connectivity index (χ3n) is 4.65. The molecular formula is C23H19FN2O2S2. The van der Waals surface area contributed by atoms with E-state index in [1.165, 1.54) is 23.5 Å². The van der Waals surface area contributed by atoms with Crippen LogP contribution < -0.4 is 10.1 Å². The molecule has 2 aromatic carbocycles. The van der Waals surface area contributed by atoms with E-state index in [4.69, 9.17) is 4.74 Å². The summed E-state index contributed by atoms with van der Waals surface area (Å²) in [5, 5.41) is 5.82. The fourth-order valence-corrected chi connectivity index (χ4v) is 4.87. The minimum atomic E-state index is -0.357. The first-order valence-corrected chi connectivity index (χ1v) is 11.0. The van der Waals surface area contributed by atoms with Gasteiger partial charge in [0, 0.05) is 10.4 Å². The van der Waals surface area contributed by atoms with Gasteiger partial charge in [-0.2, -0.15) is 0 Å². The van der Waals surface area contributed by atoms with Crippen LogP contribution in [0.5, 0.6) is 5.75 Å². The van der Waals surface area contributed by atoms with E-state index in [0.29, 0.717) is 10.6 Å². The van der Waals surface area contributed by atoms with E-state index in [1.54, 1.807) is 30.6 Å². The van der Waals surface area contributed by atoms with Crippen molar-refractivity contribution in [3.05, 3.63) is 92.9 Å². The van der Waals surface area contributed by atoms with Crippen LogP contribution in [-0.2, 0) is 0 Å². The molecular weight excluding hydrogens is 419 g/mol. The molecule has 1 amide bonds. The van der Waals surface area contributed by atoms with Crippen LogP contribution in [0.25, 0.3) is 10.6 Å². The van der Waals surface area contributed by atoms with Gasteiger partial charge in [-0.15, -0.1) is 22.7 Å². The summed E-state index contributed by atoms with van der Waals surface area (Å²) in [6.07, 6.45) is 0. The number of hydrogen-bond donors (Lipinski definition) is 1. The van der Waals surface area contributed by atoms with E-state index in [0.717, 1.165) is 26.8 Å². The lowest BCUT2D eigenvalue weighted by atomic mass is 10.1. The van der Waals surface area contributed by atoms with Crippen LogP contribution in [0.3, 0.4) is 0 Å². The van der Waals surface area contributed by atoms with Crippen LogP contribution in [-0.4, -0.2) is 18.0 Å². The summed E-state index contributed by atoms with van der Waals surface area (Å²) in [5.41, 5.74) is 2.42. The fourth-order valence-electron chi connectivity index (χ4n) is 3.09. The van der Waals surface area contributed by atoms with Crippen LogP contribution in [0.2, 0.25) is 0 Å². The zero-order chi connectivity index (χ0) is 21.1. The maximum atomic E-state index is 13.4. The number of benzene rings is 2. The lowest BCUT2D eigenvalue weighted by Crippen LogP contribution is -2.28. The molecule has 1 unspecified atom stereocenters. The minimum Gasteiger partial charge on any atom is -0.497 e. The zero-order valence-electron chi connectivity index (χ0n) is 16.4. The highest BCUT2D eigenvalue weighted by Crippen LogP contribution is 2.31. The molecule has 1 atom stereocenters. The molecule has 0 aliphatic rings. The van der Waals surface area contributed by atoms with E-state index in [-0.39, 0.29) is 17.8 Å². The SMILES string of the molecule is COc1ccc(-c2nc(C)c(C(=O)NC(c3ccc(F)cc3)c3cccs3)s2)cc1. The van der Waals surface area contributed by atoms with Crippen molar-refractivity contribution in [3.8, 4) is 16.3 Å². The molecule has 0 saturated heterocycles. The van der Waals surface area contributed by atoms with Crippen LogP contribution in [0.15, 0.2) is 66.0 Å². The molecule has 4 rings (SSSR count). The minimum absolute atomic E-state index is 0.201. The van der Waals surface area contributed by atoms with Gasteiger partial charge >= 0.3 is 0 Å². The van der Waals surface area contributed by atoms with Gasteiger partial charge in [0.05, 0.1) is 18.8 Å². The monoisotopic (exact) mass is 438 g/mol. The number of carbonyl (C=O) groups is 1. The molecule has 7 heteroatoms. The topological polar surface area (TPSA) is 51.2 Å². The maximum Gasteiger partial charge on any atom is 0.264 e. The smallest absolute Gasteiger partial charge is 0.264 e. The number of nitrogens with one attached hydrogen (secondary N) is 1. The number of carbonyl (C=O) groups excluding carboxylic acids is 1. The first kappa shape index (κ1) is 20.3. The molecule has 0 aliphatic heterocycles. The second kappa shape index (κ2) is 8.77. The van der Waals surface area contributed by atoms with E-state index >= 15 is 0 Å². The van der Waals surface area contributed by atoms with Gasteiger partial charge in [0.15, 0.2) is 0 Å². The van der Waals surface area contributed by atoms with Crippen molar-refractivity contribution < 1.29 is 13.9 Å². The number of amides is 1. The number of thiophene rings is 1. The van der Waals surface area contributed by atoms with Crippen LogP contribution in [0, 0.1) is 12.7 Å². The van der Waals surface area contributed by atoms with Crippen molar-refractivity contribution in [2.75, 3.05) is 7.11 Å². The quantitative estimate of drug-likeness (QED) is 0.411. The summed E-state index contributed by atoms with van der Waals surface area (Å²) in [7, 11) is 1.62.